The highest BCUT2D eigenvalue weighted by molar-refractivity contribution is 5.99. The zero-order valence-electron chi connectivity index (χ0n) is 24.9. The van der Waals surface area contributed by atoms with E-state index in [0.717, 1.165) is 79.0 Å². The topological polar surface area (TPSA) is 103 Å². The lowest BCUT2D eigenvalue weighted by atomic mass is 9.71. The van der Waals surface area contributed by atoms with Crippen LogP contribution in [-0.2, 0) is 15.0 Å². The first-order chi connectivity index (χ1) is 20.8. The van der Waals surface area contributed by atoms with E-state index in [4.69, 9.17) is 10.7 Å². The van der Waals surface area contributed by atoms with Crippen molar-refractivity contribution in [3.05, 3.63) is 95.6 Å². The van der Waals surface area contributed by atoms with Crippen molar-refractivity contribution in [1.82, 2.24) is 14.8 Å². The number of fused-ring (bicyclic) bond motifs is 4. The first-order valence-corrected chi connectivity index (χ1v) is 15.1. The normalized spacial score (nSPS) is 18.9. The van der Waals surface area contributed by atoms with Crippen LogP contribution >= 0.6 is 0 Å². The Bertz CT molecular complexity index is 1660. The summed E-state index contributed by atoms with van der Waals surface area (Å²) in [6, 6.07) is 25.2. The Labute approximate surface area is 252 Å². The number of anilines is 1. The van der Waals surface area contributed by atoms with E-state index in [1.165, 1.54) is 0 Å². The quantitative estimate of drug-likeness (QED) is 0.264. The summed E-state index contributed by atoms with van der Waals surface area (Å²) >= 11 is 0. The van der Waals surface area contributed by atoms with Crippen LogP contribution < -0.4 is 10.6 Å². The zero-order chi connectivity index (χ0) is 30.1. The number of carbonyl (C=O) groups is 2. The fourth-order valence-corrected chi connectivity index (χ4v) is 7.16. The Morgan fingerprint density at radius 1 is 0.907 bits per heavy atom. The van der Waals surface area contributed by atoms with Gasteiger partial charge in [0.05, 0.1) is 5.52 Å². The second-order valence-corrected chi connectivity index (χ2v) is 11.9. The molecule has 8 nitrogen and oxygen atoms in total. The molecule has 2 aliphatic rings. The Hall–Kier alpha value is -4.27. The number of hydrogen-bond acceptors (Lipinski definition) is 6. The molecule has 1 aliphatic heterocycles. The predicted octanol–water partition coefficient (Wildman–Crippen LogP) is 4.67. The average Bonchev–Trinajstić information content (AvgIpc) is 3.30. The highest BCUT2D eigenvalue weighted by Crippen LogP contribution is 2.54. The highest BCUT2D eigenvalue weighted by Gasteiger charge is 2.51. The third kappa shape index (κ3) is 5.15. The summed E-state index contributed by atoms with van der Waals surface area (Å²) in [6.45, 7) is 4.61. The van der Waals surface area contributed by atoms with E-state index in [-0.39, 0.29) is 0 Å². The van der Waals surface area contributed by atoms with Gasteiger partial charge in [0.2, 0.25) is 5.91 Å². The fraction of sp³-hybridized carbons (Fsp3) is 0.343. The Balaban J connectivity index is 1.17. The molecule has 0 saturated carbocycles. The number of amides is 1. The summed E-state index contributed by atoms with van der Waals surface area (Å²) < 4.78 is 0. The molecule has 2 heterocycles. The molecule has 1 fully saturated rings. The lowest BCUT2D eigenvalue weighted by Gasteiger charge is -2.36. The zero-order valence-corrected chi connectivity index (χ0v) is 24.9. The highest BCUT2D eigenvalue weighted by atomic mass is 16.4. The molecular formula is C35H39N5O3. The van der Waals surface area contributed by atoms with Crippen LogP contribution in [0.1, 0.15) is 42.0 Å². The Kier molecular flexibility index (Phi) is 7.90. The summed E-state index contributed by atoms with van der Waals surface area (Å²) in [5, 5.41) is 12.1. The molecule has 2 atom stereocenters. The number of nitrogens with zero attached hydrogens (tertiary/aromatic N) is 4. The molecule has 0 spiro atoms. The van der Waals surface area contributed by atoms with Gasteiger partial charge in [0, 0.05) is 31.6 Å². The number of carbonyl (C=O) groups excluding carboxylic acids is 1. The summed E-state index contributed by atoms with van der Waals surface area (Å²) in [4.78, 5) is 37.4. The van der Waals surface area contributed by atoms with Crippen molar-refractivity contribution in [2.75, 3.05) is 51.7 Å². The van der Waals surface area contributed by atoms with Gasteiger partial charge in [-0.05, 0) is 79.5 Å². The number of aliphatic carboxylic acids is 1. The number of para-hydroxylation sites is 1. The second-order valence-electron chi connectivity index (χ2n) is 11.9. The SMILES string of the molecule is CN(C)C(C(N)=O)c1cccc2c1C(CCCCN1CCN(c3ccc4ccccc4n3)CC1)(C(=O)O)c1ccccc1-2. The van der Waals surface area contributed by atoms with Crippen molar-refractivity contribution in [2.24, 2.45) is 5.73 Å². The van der Waals surface area contributed by atoms with Gasteiger partial charge in [0.1, 0.15) is 17.3 Å². The molecule has 1 aromatic heterocycles. The minimum atomic E-state index is -1.24. The lowest BCUT2D eigenvalue weighted by Crippen LogP contribution is -2.47. The summed E-state index contributed by atoms with van der Waals surface area (Å²) in [6.07, 6.45) is 2.07. The molecule has 4 aromatic rings. The maximum Gasteiger partial charge on any atom is 0.318 e. The van der Waals surface area contributed by atoms with E-state index in [0.29, 0.717) is 17.5 Å². The van der Waals surface area contributed by atoms with Gasteiger partial charge < -0.3 is 15.7 Å². The van der Waals surface area contributed by atoms with Gasteiger partial charge in [0.25, 0.3) is 0 Å². The lowest BCUT2D eigenvalue weighted by molar-refractivity contribution is -0.142. The Morgan fingerprint density at radius 2 is 1.63 bits per heavy atom. The monoisotopic (exact) mass is 577 g/mol. The summed E-state index contributed by atoms with van der Waals surface area (Å²) in [7, 11) is 3.60. The number of likely N-dealkylation sites (N-methyl/N-ethyl adjacent to an activating group) is 1. The maximum atomic E-state index is 13.4. The third-order valence-electron chi connectivity index (χ3n) is 9.20. The van der Waals surface area contributed by atoms with Gasteiger partial charge in [-0.25, -0.2) is 4.98 Å². The molecule has 3 aromatic carbocycles. The van der Waals surface area contributed by atoms with Gasteiger partial charge >= 0.3 is 5.97 Å². The van der Waals surface area contributed by atoms with E-state index in [1.807, 2.05) is 54.6 Å². The van der Waals surface area contributed by atoms with E-state index < -0.39 is 23.3 Å². The minimum absolute atomic E-state index is 0.448. The van der Waals surface area contributed by atoms with Crippen molar-refractivity contribution in [3.63, 3.8) is 0 Å². The first-order valence-electron chi connectivity index (χ1n) is 15.1. The van der Waals surface area contributed by atoms with Gasteiger partial charge in [-0.1, -0.05) is 67.1 Å². The molecule has 2 unspecified atom stereocenters. The van der Waals surface area contributed by atoms with E-state index in [9.17, 15) is 14.7 Å². The smallest absolute Gasteiger partial charge is 0.318 e. The average molecular weight is 578 g/mol. The van der Waals surface area contributed by atoms with E-state index in [1.54, 1.807) is 19.0 Å². The third-order valence-corrected chi connectivity index (χ3v) is 9.20. The van der Waals surface area contributed by atoms with Crippen molar-refractivity contribution in [3.8, 4) is 11.1 Å². The summed E-state index contributed by atoms with van der Waals surface area (Å²) in [5.74, 6) is -0.362. The predicted molar refractivity (Wildman–Crippen MR) is 170 cm³/mol. The van der Waals surface area contributed by atoms with Crippen LogP contribution in [0.2, 0.25) is 0 Å². The number of unbranched alkanes of at least 4 members (excludes halogenated alkanes) is 1. The van der Waals surface area contributed by atoms with Crippen LogP contribution in [0.15, 0.2) is 78.9 Å². The van der Waals surface area contributed by atoms with Crippen LogP contribution in [0.25, 0.3) is 22.0 Å². The maximum absolute atomic E-state index is 13.4. The van der Waals surface area contributed by atoms with Crippen LogP contribution in [0.4, 0.5) is 5.82 Å². The summed E-state index contributed by atoms with van der Waals surface area (Å²) in [5.41, 5.74) is 9.61. The number of rotatable bonds is 10. The van der Waals surface area contributed by atoms with Gasteiger partial charge in [-0.3, -0.25) is 19.4 Å². The minimum Gasteiger partial charge on any atom is -0.480 e. The number of carboxylic acid groups (broad SMARTS) is 1. The van der Waals surface area contributed by atoms with Crippen LogP contribution in [0, 0.1) is 0 Å². The van der Waals surface area contributed by atoms with E-state index in [2.05, 4.69) is 34.1 Å². The largest absolute Gasteiger partial charge is 0.480 e. The molecule has 1 saturated heterocycles. The number of aromatic nitrogens is 1. The van der Waals surface area contributed by atoms with Gasteiger partial charge in [0.15, 0.2) is 0 Å². The molecule has 0 bridgehead atoms. The molecule has 1 aliphatic carbocycles. The number of carboxylic acids is 1. The van der Waals surface area contributed by atoms with Crippen molar-refractivity contribution in [2.45, 2.75) is 30.7 Å². The fourth-order valence-electron chi connectivity index (χ4n) is 7.16. The molecule has 3 N–H and O–H groups in total. The number of pyridine rings is 1. The second kappa shape index (κ2) is 11.8. The standard InChI is InChI=1S/C35H39N5O3/c1-38(2)32(33(36)41)27-13-9-12-26-25-11-4-5-14-28(25)35(31(26)27,34(42)43)18-7-8-19-39-20-22-40(23-21-39)30-17-16-24-10-3-6-15-29(24)37-30/h3-6,9-17,32H,7-8,18-23H2,1-2H3,(H2,36,41)(H,42,43). The van der Waals surface area contributed by atoms with Crippen molar-refractivity contribution < 1.29 is 14.7 Å². The van der Waals surface area contributed by atoms with Crippen LogP contribution in [0.5, 0.6) is 0 Å². The van der Waals surface area contributed by atoms with Crippen LogP contribution in [0.3, 0.4) is 0 Å². The first kappa shape index (κ1) is 28.8. The number of primary amides is 1. The molecule has 8 heteroatoms. The molecule has 222 valence electrons. The molecule has 6 rings (SSSR count). The van der Waals surface area contributed by atoms with Crippen molar-refractivity contribution in [1.29, 1.82) is 0 Å². The molecular weight excluding hydrogens is 538 g/mol. The number of hydrogen-bond donors (Lipinski definition) is 2. The Morgan fingerprint density at radius 3 is 2.37 bits per heavy atom. The molecule has 43 heavy (non-hydrogen) atoms. The van der Waals surface area contributed by atoms with Gasteiger partial charge in [-0.2, -0.15) is 0 Å². The van der Waals surface area contributed by atoms with E-state index >= 15 is 0 Å². The number of nitrogens with two attached hydrogens (primary N) is 1. The number of benzene rings is 3. The molecule has 0 radical (unpaired) electrons. The van der Waals surface area contributed by atoms with Crippen LogP contribution in [-0.4, -0.2) is 78.6 Å². The number of piperazine rings is 1. The van der Waals surface area contributed by atoms with Gasteiger partial charge in [-0.15, -0.1) is 0 Å². The van der Waals surface area contributed by atoms with Crippen molar-refractivity contribution >= 4 is 28.6 Å². The molecule has 1 amide bonds.